The number of nitrogens with one attached hydrogen (secondary N) is 1. The fourth-order valence-electron chi connectivity index (χ4n) is 1.42. The maximum absolute atomic E-state index is 6.08. The molecule has 4 heteroatoms. The van der Waals surface area contributed by atoms with Gasteiger partial charge in [-0.25, -0.2) is 9.97 Å². The number of anilines is 1. The van der Waals surface area contributed by atoms with Crippen LogP contribution in [0.1, 0.15) is 37.1 Å². The van der Waals surface area contributed by atoms with Crippen LogP contribution in [0.4, 0.5) is 5.82 Å². The van der Waals surface area contributed by atoms with Gasteiger partial charge < -0.3 is 5.32 Å². The lowest BCUT2D eigenvalue weighted by Gasteiger charge is -2.09. The lowest BCUT2D eigenvalue weighted by molar-refractivity contribution is 0.918. The first-order valence-corrected chi connectivity index (χ1v) is 5.77. The van der Waals surface area contributed by atoms with Gasteiger partial charge in [-0.2, -0.15) is 0 Å². The van der Waals surface area contributed by atoms with Crippen LogP contribution in [-0.2, 0) is 0 Å². The molecule has 1 heterocycles. The van der Waals surface area contributed by atoms with E-state index in [0.29, 0.717) is 17.6 Å². The molecule has 1 saturated carbocycles. The van der Waals surface area contributed by atoms with Crippen LogP contribution in [0.25, 0.3) is 0 Å². The van der Waals surface area contributed by atoms with Crippen molar-refractivity contribution in [2.75, 3.05) is 11.9 Å². The van der Waals surface area contributed by atoms with Crippen LogP contribution in [0.2, 0.25) is 5.15 Å². The van der Waals surface area contributed by atoms with Gasteiger partial charge in [0.1, 0.15) is 16.8 Å². The number of halogens is 1. The van der Waals surface area contributed by atoms with E-state index in [-0.39, 0.29) is 0 Å². The van der Waals surface area contributed by atoms with Crippen molar-refractivity contribution < 1.29 is 0 Å². The average Bonchev–Trinajstić information content (AvgIpc) is 3.08. The molecular formula is C12H14ClN3. The Hall–Kier alpha value is -1.27. The smallest absolute Gasteiger partial charge is 0.137 e. The van der Waals surface area contributed by atoms with E-state index in [0.717, 1.165) is 17.2 Å². The van der Waals surface area contributed by atoms with Crippen LogP contribution < -0.4 is 5.32 Å². The third-order valence-electron chi connectivity index (χ3n) is 2.57. The summed E-state index contributed by atoms with van der Waals surface area (Å²) in [5, 5.41) is 3.71. The molecule has 0 amide bonds. The van der Waals surface area contributed by atoms with Crippen LogP contribution in [0.15, 0.2) is 0 Å². The minimum absolute atomic E-state index is 0.510. The van der Waals surface area contributed by atoms with Gasteiger partial charge in [-0.1, -0.05) is 17.5 Å². The number of aromatic nitrogens is 2. The van der Waals surface area contributed by atoms with E-state index in [1.165, 1.54) is 12.8 Å². The molecule has 3 nitrogen and oxygen atoms in total. The van der Waals surface area contributed by atoms with Crippen molar-refractivity contribution in [2.45, 2.75) is 32.6 Å². The Balaban J connectivity index is 2.22. The second-order valence-corrected chi connectivity index (χ2v) is 4.26. The summed E-state index contributed by atoms with van der Waals surface area (Å²) in [6, 6.07) is 0. The highest BCUT2D eigenvalue weighted by Crippen LogP contribution is 2.39. The first kappa shape index (κ1) is 11.2. The maximum Gasteiger partial charge on any atom is 0.137 e. The van der Waals surface area contributed by atoms with Crippen molar-refractivity contribution in [1.29, 1.82) is 0 Å². The van der Waals surface area contributed by atoms with Crippen molar-refractivity contribution in [2.24, 2.45) is 0 Å². The van der Waals surface area contributed by atoms with Crippen LogP contribution in [0.3, 0.4) is 0 Å². The Bertz CT molecular complexity index is 455. The van der Waals surface area contributed by atoms with Gasteiger partial charge in [0.15, 0.2) is 0 Å². The summed E-state index contributed by atoms with van der Waals surface area (Å²) >= 11 is 6.08. The Morgan fingerprint density at radius 1 is 1.44 bits per heavy atom. The number of rotatable bonds is 3. The van der Waals surface area contributed by atoms with Crippen LogP contribution in [0, 0.1) is 18.8 Å². The van der Waals surface area contributed by atoms with Crippen molar-refractivity contribution >= 4 is 17.4 Å². The molecule has 0 unspecified atom stereocenters. The summed E-state index contributed by atoms with van der Waals surface area (Å²) in [5.74, 6) is 7.96. The van der Waals surface area contributed by atoms with Gasteiger partial charge in [-0.3, -0.25) is 0 Å². The van der Waals surface area contributed by atoms with Crippen molar-refractivity contribution in [3.8, 4) is 11.8 Å². The summed E-state index contributed by atoms with van der Waals surface area (Å²) in [6.45, 7) is 4.33. The Kier molecular flexibility index (Phi) is 3.31. The number of hydrogen-bond acceptors (Lipinski definition) is 3. The monoisotopic (exact) mass is 235 g/mol. The van der Waals surface area contributed by atoms with Crippen LogP contribution in [-0.4, -0.2) is 16.5 Å². The molecule has 1 fully saturated rings. The van der Waals surface area contributed by atoms with E-state index in [1.807, 2.05) is 13.8 Å². The molecule has 0 bridgehead atoms. The molecule has 16 heavy (non-hydrogen) atoms. The fourth-order valence-corrected chi connectivity index (χ4v) is 1.59. The Morgan fingerprint density at radius 3 is 2.81 bits per heavy atom. The molecule has 1 aliphatic rings. The molecule has 2 rings (SSSR count). The molecule has 1 aromatic heterocycles. The molecule has 1 aromatic rings. The number of nitrogens with zero attached hydrogens (tertiary/aromatic N) is 2. The van der Waals surface area contributed by atoms with Gasteiger partial charge in [0.25, 0.3) is 0 Å². The fraction of sp³-hybridized carbons (Fsp3) is 0.500. The van der Waals surface area contributed by atoms with Gasteiger partial charge in [-0.15, -0.1) is 5.92 Å². The summed E-state index contributed by atoms with van der Waals surface area (Å²) in [6.07, 6.45) is 2.35. The van der Waals surface area contributed by atoms with Gasteiger partial charge in [0.05, 0.1) is 6.54 Å². The topological polar surface area (TPSA) is 37.8 Å². The van der Waals surface area contributed by atoms with Crippen molar-refractivity contribution in [1.82, 2.24) is 9.97 Å². The summed E-state index contributed by atoms with van der Waals surface area (Å²) < 4.78 is 0. The predicted molar refractivity (Wildman–Crippen MR) is 65.7 cm³/mol. The molecule has 0 spiro atoms. The second-order valence-electron chi connectivity index (χ2n) is 3.90. The third-order valence-corrected chi connectivity index (χ3v) is 2.94. The minimum Gasteiger partial charge on any atom is -0.359 e. The van der Waals surface area contributed by atoms with E-state index >= 15 is 0 Å². The molecule has 0 aliphatic heterocycles. The normalized spacial score (nSPS) is 14.2. The first-order chi connectivity index (χ1) is 7.72. The van der Waals surface area contributed by atoms with E-state index in [4.69, 9.17) is 11.6 Å². The molecule has 0 atom stereocenters. The summed E-state index contributed by atoms with van der Waals surface area (Å²) in [4.78, 5) is 8.79. The average molecular weight is 236 g/mol. The largest absolute Gasteiger partial charge is 0.359 e. The molecule has 0 saturated heterocycles. The molecule has 0 aromatic carbocycles. The lowest BCUT2D eigenvalue weighted by atomic mass is 10.3. The molecule has 0 radical (unpaired) electrons. The van der Waals surface area contributed by atoms with Crippen molar-refractivity contribution in [3.63, 3.8) is 0 Å². The standard InChI is InChI=1S/C12H14ClN3/c1-3-4-7-14-11-8(2)10(13)15-12(16-11)9-5-6-9/h9H,5-7H2,1-2H3,(H,14,15,16). The molecule has 1 N–H and O–H groups in total. The lowest BCUT2D eigenvalue weighted by Crippen LogP contribution is -2.07. The Morgan fingerprint density at radius 2 is 2.19 bits per heavy atom. The van der Waals surface area contributed by atoms with Crippen molar-refractivity contribution in [3.05, 3.63) is 16.5 Å². The predicted octanol–water partition coefficient (Wildman–Crippen LogP) is 2.75. The quantitative estimate of drug-likeness (QED) is 0.647. The zero-order chi connectivity index (χ0) is 11.5. The molecule has 1 aliphatic carbocycles. The SMILES string of the molecule is CC#CCNc1nc(C2CC2)nc(Cl)c1C. The van der Waals surface area contributed by atoms with E-state index in [2.05, 4.69) is 27.1 Å². The maximum atomic E-state index is 6.08. The van der Waals surface area contributed by atoms with E-state index in [1.54, 1.807) is 0 Å². The highest BCUT2D eigenvalue weighted by molar-refractivity contribution is 6.30. The van der Waals surface area contributed by atoms with Gasteiger partial charge in [0, 0.05) is 11.5 Å². The molecule has 84 valence electrons. The molecular weight excluding hydrogens is 222 g/mol. The third kappa shape index (κ3) is 2.45. The first-order valence-electron chi connectivity index (χ1n) is 5.40. The van der Waals surface area contributed by atoms with Crippen LogP contribution in [0.5, 0.6) is 0 Å². The summed E-state index contributed by atoms with van der Waals surface area (Å²) in [7, 11) is 0. The van der Waals surface area contributed by atoms with E-state index in [9.17, 15) is 0 Å². The van der Waals surface area contributed by atoms with Crippen LogP contribution >= 0.6 is 11.6 Å². The minimum atomic E-state index is 0.510. The number of hydrogen-bond donors (Lipinski definition) is 1. The highest BCUT2D eigenvalue weighted by atomic mass is 35.5. The highest BCUT2D eigenvalue weighted by Gasteiger charge is 2.27. The van der Waals surface area contributed by atoms with Gasteiger partial charge >= 0.3 is 0 Å². The zero-order valence-electron chi connectivity index (χ0n) is 9.47. The Labute approximate surface area is 101 Å². The van der Waals surface area contributed by atoms with Gasteiger partial charge in [0.2, 0.25) is 0 Å². The van der Waals surface area contributed by atoms with E-state index < -0.39 is 0 Å². The van der Waals surface area contributed by atoms with Gasteiger partial charge in [-0.05, 0) is 26.7 Å². The summed E-state index contributed by atoms with van der Waals surface area (Å²) in [5.41, 5.74) is 0.893. The zero-order valence-corrected chi connectivity index (χ0v) is 10.2. The second kappa shape index (κ2) is 4.71.